The maximum atomic E-state index is 12.8. The van der Waals surface area contributed by atoms with Gasteiger partial charge in [-0.2, -0.15) is 0 Å². The van der Waals surface area contributed by atoms with Crippen molar-refractivity contribution in [2.24, 2.45) is 0 Å². The first-order valence-electron chi connectivity index (χ1n) is 11.2. The summed E-state index contributed by atoms with van der Waals surface area (Å²) >= 11 is 0. The first-order valence-corrected chi connectivity index (χ1v) is 12.7. The van der Waals surface area contributed by atoms with Gasteiger partial charge in [0.1, 0.15) is 18.4 Å². The fraction of sp³-hybridized carbons (Fsp3) is 0.333. The molecule has 3 N–H and O–H groups in total. The minimum Gasteiger partial charge on any atom is -0.489 e. The molecule has 2 heterocycles. The molecular formula is C24H28N4O5S. The van der Waals surface area contributed by atoms with Crippen LogP contribution in [-0.4, -0.2) is 55.1 Å². The highest BCUT2D eigenvalue weighted by Gasteiger charge is 2.28. The number of ether oxygens (including phenoxy) is 1. The van der Waals surface area contributed by atoms with E-state index in [0.29, 0.717) is 25.4 Å². The van der Waals surface area contributed by atoms with E-state index < -0.39 is 22.0 Å². The van der Waals surface area contributed by atoms with Gasteiger partial charge >= 0.3 is 0 Å². The molecule has 1 unspecified atom stereocenters. The smallest absolute Gasteiger partial charge is 0.262 e. The third-order valence-corrected chi connectivity index (χ3v) is 7.42. The standard InChI is InChI=1S/C24H28N4O5S/c29-24(27-30)23(28-14-4-1-5-15-28)16-26-34(31,32)20-10-8-19(9-11-20)33-17-18-12-13-25-22-7-3-2-6-21(18)22/h2-3,6-13,23,26,30H,1,4-5,14-17H2,(H,27,29). The molecule has 1 amide bonds. The van der Waals surface area contributed by atoms with Crippen molar-refractivity contribution in [3.63, 3.8) is 0 Å². The van der Waals surface area contributed by atoms with Gasteiger partial charge in [-0.05, 0) is 62.3 Å². The van der Waals surface area contributed by atoms with Gasteiger partial charge in [0.15, 0.2) is 0 Å². The second-order valence-electron chi connectivity index (χ2n) is 8.19. The predicted octanol–water partition coefficient (Wildman–Crippen LogP) is 2.45. The largest absolute Gasteiger partial charge is 0.489 e. The third kappa shape index (κ3) is 5.71. The monoisotopic (exact) mass is 484 g/mol. The molecular weight excluding hydrogens is 456 g/mol. The number of benzene rings is 2. The molecule has 3 aromatic rings. The molecule has 180 valence electrons. The minimum atomic E-state index is -3.85. The Morgan fingerprint density at radius 3 is 2.53 bits per heavy atom. The van der Waals surface area contributed by atoms with Gasteiger partial charge in [0.2, 0.25) is 10.0 Å². The van der Waals surface area contributed by atoms with Gasteiger partial charge in [0.05, 0.1) is 10.4 Å². The number of piperidine rings is 1. The summed E-state index contributed by atoms with van der Waals surface area (Å²) in [6.07, 6.45) is 4.66. The van der Waals surface area contributed by atoms with Crippen LogP contribution in [0.3, 0.4) is 0 Å². The molecule has 0 spiro atoms. The zero-order valence-corrected chi connectivity index (χ0v) is 19.5. The third-order valence-electron chi connectivity index (χ3n) is 5.98. The average molecular weight is 485 g/mol. The lowest BCUT2D eigenvalue weighted by atomic mass is 10.1. The van der Waals surface area contributed by atoms with Crippen LogP contribution in [0, 0.1) is 0 Å². The molecule has 10 heteroatoms. The van der Waals surface area contributed by atoms with Crippen LogP contribution in [0.5, 0.6) is 5.75 Å². The van der Waals surface area contributed by atoms with Crippen molar-refractivity contribution < 1.29 is 23.2 Å². The maximum absolute atomic E-state index is 12.8. The highest BCUT2D eigenvalue weighted by Crippen LogP contribution is 2.21. The van der Waals surface area contributed by atoms with E-state index in [-0.39, 0.29) is 11.4 Å². The number of rotatable bonds is 9. The van der Waals surface area contributed by atoms with E-state index in [1.54, 1.807) is 23.8 Å². The Labute approximate surface area is 198 Å². The fourth-order valence-electron chi connectivity index (χ4n) is 4.12. The zero-order valence-electron chi connectivity index (χ0n) is 18.7. The van der Waals surface area contributed by atoms with Crippen molar-refractivity contribution in [1.29, 1.82) is 0 Å². The molecule has 1 saturated heterocycles. The molecule has 0 radical (unpaired) electrons. The van der Waals surface area contributed by atoms with Gasteiger partial charge in [-0.3, -0.25) is 19.9 Å². The molecule has 34 heavy (non-hydrogen) atoms. The van der Waals surface area contributed by atoms with Gasteiger partial charge in [-0.1, -0.05) is 24.6 Å². The van der Waals surface area contributed by atoms with Crippen molar-refractivity contribution >= 4 is 26.8 Å². The van der Waals surface area contributed by atoms with Crippen molar-refractivity contribution in [1.82, 2.24) is 20.1 Å². The summed E-state index contributed by atoms with van der Waals surface area (Å²) in [6.45, 7) is 1.54. The van der Waals surface area contributed by atoms with E-state index in [9.17, 15) is 13.2 Å². The summed E-state index contributed by atoms with van der Waals surface area (Å²) < 4.78 is 33.9. The van der Waals surface area contributed by atoms with Crippen LogP contribution in [0.2, 0.25) is 0 Å². The lowest BCUT2D eigenvalue weighted by Gasteiger charge is -2.33. The Hall–Kier alpha value is -3.05. The topological polar surface area (TPSA) is 121 Å². The summed E-state index contributed by atoms with van der Waals surface area (Å²) in [5.41, 5.74) is 3.51. The number of amides is 1. The molecule has 1 fully saturated rings. The van der Waals surface area contributed by atoms with E-state index in [1.165, 1.54) is 12.1 Å². The fourth-order valence-corrected chi connectivity index (χ4v) is 5.16. The maximum Gasteiger partial charge on any atom is 0.262 e. The van der Waals surface area contributed by atoms with Gasteiger partial charge in [0, 0.05) is 23.7 Å². The van der Waals surface area contributed by atoms with Crippen molar-refractivity contribution in [2.45, 2.75) is 36.8 Å². The number of hydrogen-bond donors (Lipinski definition) is 3. The number of likely N-dealkylation sites (tertiary alicyclic amines) is 1. The Morgan fingerprint density at radius 2 is 1.79 bits per heavy atom. The molecule has 2 aromatic carbocycles. The zero-order chi connectivity index (χ0) is 24.0. The van der Waals surface area contributed by atoms with Crippen LogP contribution in [0.4, 0.5) is 0 Å². The van der Waals surface area contributed by atoms with Crippen molar-refractivity contribution in [2.75, 3.05) is 19.6 Å². The van der Waals surface area contributed by atoms with Crippen LogP contribution in [0.15, 0.2) is 65.7 Å². The molecule has 1 aliphatic heterocycles. The van der Waals surface area contributed by atoms with Gasteiger partial charge in [0.25, 0.3) is 5.91 Å². The van der Waals surface area contributed by atoms with Gasteiger partial charge in [-0.15, -0.1) is 0 Å². The molecule has 0 saturated carbocycles. The van der Waals surface area contributed by atoms with E-state index in [1.807, 2.05) is 35.2 Å². The lowest BCUT2D eigenvalue weighted by Crippen LogP contribution is -2.53. The summed E-state index contributed by atoms with van der Waals surface area (Å²) in [5.74, 6) is -0.0947. The number of nitrogens with one attached hydrogen (secondary N) is 2. The molecule has 0 aliphatic carbocycles. The number of carbonyl (C=O) groups is 1. The van der Waals surface area contributed by atoms with Crippen molar-refractivity contribution in [3.8, 4) is 5.75 Å². The summed E-state index contributed by atoms with van der Waals surface area (Å²) in [4.78, 5) is 18.4. The number of carbonyl (C=O) groups excluding carboxylic acids is 1. The van der Waals surface area contributed by atoms with Gasteiger partial charge < -0.3 is 4.74 Å². The Balaban J connectivity index is 1.39. The number of fused-ring (bicyclic) bond motifs is 1. The molecule has 4 rings (SSSR count). The van der Waals surface area contributed by atoms with E-state index in [2.05, 4.69) is 9.71 Å². The first kappa shape index (κ1) is 24.1. The first-order chi connectivity index (χ1) is 16.5. The Kier molecular flexibility index (Phi) is 7.73. The van der Waals surface area contributed by atoms with Crippen LogP contribution >= 0.6 is 0 Å². The number of aromatic nitrogens is 1. The average Bonchev–Trinajstić information content (AvgIpc) is 2.88. The van der Waals surface area contributed by atoms with Crippen LogP contribution in [-0.2, 0) is 21.4 Å². The Morgan fingerprint density at radius 1 is 1.06 bits per heavy atom. The molecule has 0 bridgehead atoms. The predicted molar refractivity (Wildman–Crippen MR) is 127 cm³/mol. The van der Waals surface area contributed by atoms with Crippen LogP contribution in [0.25, 0.3) is 10.9 Å². The van der Waals surface area contributed by atoms with E-state index >= 15 is 0 Å². The SMILES string of the molecule is O=C(NO)C(CNS(=O)(=O)c1ccc(OCc2ccnc3ccccc23)cc1)N1CCCCC1. The Bertz CT molecular complexity index is 1220. The number of hydroxylamine groups is 1. The summed E-state index contributed by atoms with van der Waals surface area (Å²) in [6, 6.07) is 15.0. The second kappa shape index (κ2) is 10.9. The van der Waals surface area contributed by atoms with E-state index in [4.69, 9.17) is 9.94 Å². The molecule has 1 aromatic heterocycles. The number of pyridine rings is 1. The summed E-state index contributed by atoms with van der Waals surface area (Å²) in [5, 5.41) is 10.1. The number of nitrogens with zero attached hydrogens (tertiary/aromatic N) is 2. The highest BCUT2D eigenvalue weighted by atomic mass is 32.2. The quantitative estimate of drug-likeness (QED) is 0.315. The second-order valence-corrected chi connectivity index (χ2v) is 9.95. The minimum absolute atomic E-state index is 0.0658. The molecule has 1 aliphatic rings. The summed E-state index contributed by atoms with van der Waals surface area (Å²) in [7, 11) is -3.85. The number of hydrogen-bond acceptors (Lipinski definition) is 7. The van der Waals surface area contributed by atoms with E-state index in [0.717, 1.165) is 35.7 Å². The normalized spacial score (nSPS) is 15.7. The van der Waals surface area contributed by atoms with Gasteiger partial charge in [-0.25, -0.2) is 18.6 Å². The number of sulfonamides is 1. The lowest BCUT2D eigenvalue weighted by molar-refractivity contribution is -0.135. The highest BCUT2D eigenvalue weighted by molar-refractivity contribution is 7.89. The molecule has 1 atom stereocenters. The van der Waals surface area contributed by atoms with Crippen LogP contribution in [0.1, 0.15) is 24.8 Å². The van der Waals surface area contributed by atoms with Crippen molar-refractivity contribution in [3.05, 3.63) is 66.4 Å². The van der Waals surface area contributed by atoms with Crippen LogP contribution < -0.4 is 14.9 Å². The molecule has 9 nitrogen and oxygen atoms in total. The number of para-hydroxylation sites is 1.